The van der Waals surface area contributed by atoms with Crippen LogP contribution in [0.3, 0.4) is 0 Å². The van der Waals surface area contributed by atoms with Crippen LogP contribution in [0.2, 0.25) is 0 Å². The first-order chi connectivity index (χ1) is 16.1. The Labute approximate surface area is 202 Å². The summed E-state index contributed by atoms with van der Waals surface area (Å²) in [5.41, 5.74) is 1.96. The molecule has 0 unspecified atom stereocenters. The van der Waals surface area contributed by atoms with Gasteiger partial charge in [0.05, 0.1) is 12.0 Å². The van der Waals surface area contributed by atoms with Crippen LogP contribution in [0.15, 0.2) is 42.4 Å². The second-order valence-electron chi connectivity index (χ2n) is 9.99. The lowest BCUT2D eigenvalue weighted by Gasteiger charge is -2.43. The molecular weight excluding hydrogens is 432 g/mol. The Hall–Kier alpha value is -2.67. The number of rotatable bonds is 5. The summed E-state index contributed by atoms with van der Waals surface area (Å²) in [6.07, 6.45) is 13.2. The maximum Gasteiger partial charge on any atom is 0.331 e. The molecule has 0 bridgehead atoms. The van der Waals surface area contributed by atoms with Crippen LogP contribution in [-0.4, -0.2) is 44.9 Å². The molecule has 0 spiro atoms. The summed E-state index contributed by atoms with van der Waals surface area (Å²) in [4.78, 5) is 28.6. The van der Waals surface area contributed by atoms with Gasteiger partial charge in [-0.2, -0.15) is 0 Å². The standard InChI is InChI=1S/C27H38N2O5/c1-17(2)22-11-9-18(3)23-13-21(34-27(32)12-10-20-15-29(5)16-28-20)7-6-8-25(31)26(14-24(22)23)33-19(4)30/h6,8-10,12,15-17,21-26,31H,7,11,13-14H2,1-5H3/t21-,22-,23+,24-,25-,26+/m1/s1. The van der Waals surface area contributed by atoms with E-state index < -0.39 is 18.2 Å². The van der Waals surface area contributed by atoms with Gasteiger partial charge in [-0.25, -0.2) is 9.78 Å². The highest BCUT2D eigenvalue weighted by molar-refractivity contribution is 5.86. The summed E-state index contributed by atoms with van der Waals surface area (Å²) in [5.74, 6) is 0.419. The Morgan fingerprint density at radius 2 is 2.00 bits per heavy atom. The molecule has 1 aromatic heterocycles. The number of aromatic nitrogens is 2. The number of carbonyl (C=O) groups is 2. The third-order valence-corrected chi connectivity index (χ3v) is 7.07. The van der Waals surface area contributed by atoms with Crippen molar-refractivity contribution in [2.24, 2.45) is 30.7 Å². The number of nitrogens with zero attached hydrogens (tertiary/aromatic N) is 2. The third kappa shape index (κ3) is 6.92. The van der Waals surface area contributed by atoms with Crippen molar-refractivity contribution in [3.63, 3.8) is 0 Å². The summed E-state index contributed by atoms with van der Waals surface area (Å²) in [5, 5.41) is 10.8. The van der Waals surface area contributed by atoms with Gasteiger partial charge in [0.25, 0.3) is 0 Å². The lowest BCUT2D eigenvalue weighted by molar-refractivity contribution is -0.153. The van der Waals surface area contributed by atoms with Crippen LogP contribution < -0.4 is 0 Å². The predicted molar refractivity (Wildman–Crippen MR) is 130 cm³/mol. The zero-order valence-electron chi connectivity index (χ0n) is 20.9. The molecule has 2 aliphatic carbocycles. The first-order valence-electron chi connectivity index (χ1n) is 12.2. The highest BCUT2D eigenvalue weighted by Crippen LogP contribution is 2.45. The number of imidazole rings is 1. The summed E-state index contributed by atoms with van der Waals surface area (Å²) in [6.45, 7) is 7.94. The number of ether oxygens (including phenoxy) is 2. The van der Waals surface area contributed by atoms with E-state index in [0.717, 1.165) is 6.42 Å². The van der Waals surface area contributed by atoms with Crippen molar-refractivity contribution in [1.29, 1.82) is 0 Å². The third-order valence-electron chi connectivity index (χ3n) is 7.07. The molecule has 3 rings (SSSR count). The van der Waals surface area contributed by atoms with Gasteiger partial charge in [0.15, 0.2) is 0 Å². The monoisotopic (exact) mass is 470 g/mol. The van der Waals surface area contributed by atoms with Gasteiger partial charge in [-0.05, 0) is 55.9 Å². The van der Waals surface area contributed by atoms with E-state index in [0.29, 0.717) is 36.8 Å². The fourth-order valence-electron chi connectivity index (χ4n) is 5.33. The van der Waals surface area contributed by atoms with Gasteiger partial charge >= 0.3 is 11.9 Å². The van der Waals surface area contributed by atoms with Crippen LogP contribution in [0.5, 0.6) is 0 Å². The maximum atomic E-state index is 12.6. The molecule has 1 aromatic rings. The quantitative estimate of drug-likeness (QED) is 0.393. The largest absolute Gasteiger partial charge is 0.459 e. The number of hydrogen-bond acceptors (Lipinski definition) is 6. The summed E-state index contributed by atoms with van der Waals surface area (Å²) < 4.78 is 13.2. The summed E-state index contributed by atoms with van der Waals surface area (Å²) in [6, 6.07) is 0. The minimum Gasteiger partial charge on any atom is -0.459 e. The molecule has 0 saturated heterocycles. The van der Waals surface area contributed by atoms with E-state index in [1.54, 1.807) is 18.5 Å². The summed E-state index contributed by atoms with van der Waals surface area (Å²) in [7, 11) is 1.87. The van der Waals surface area contributed by atoms with Crippen molar-refractivity contribution in [2.75, 3.05) is 0 Å². The van der Waals surface area contributed by atoms with Crippen molar-refractivity contribution in [3.05, 3.63) is 48.1 Å². The van der Waals surface area contributed by atoms with Crippen molar-refractivity contribution in [1.82, 2.24) is 9.55 Å². The van der Waals surface area contributed by atoms with Crippen LogP contribution in [0.1, 0.15) is 59.1 Å². The fraction of sp³-hybridized carbons (Fsp3) is 0.593. The van der Waals surface area contributed by atoms with E-state index in [9.17, 15) is 14.7 Å². The van der Waals surface area contributed by atoms with Crippen molar-refractivity contribution >= 4 is 18.0 Å². The van der Waals surface area contributed by atoms with E-state index in [2.05, 4.69) is 31.8 Å². The first kappa shape index (κ1) is 25.9. The number of carbonyl (C=O) groups excluding carboxylic acids is 2. The van der Waals surface area contributed by atoms with Crippen LogP contribution in [-0.2, 0) is 26.1 Å². The zero-order valence-corrected chi connectivity index (χ0v) is 20.9. The fourth-order valence-corrected chi connectivity index (χ4v) is 5.33. The van der Waals surface area contributed by atoms with Crippen LogP contribution in [0, 0.1) is 23.7 Å². The number of hydrogen-bond donors (Lipinski definition) is 1. The van der Waals surface area contributed by atoms with Crippen LogP contribution in [0.4, 0.5) is 0 Å². The average molecular weight is 471 g/mol. The van der Waals surface area contributed by atoms with Gasteiger partial charge in [0.1, 0.15) is 18.3 Å². The van der Waals surface area contributed by atoms with Crippen molar-refractivity contribution < 1.29 is 24.2 Å². The Bertz CT molecular complexity index is 945. The lowest BCUT2D eigenvalue weighted by Crippen LogP contribution is -2.40. The highest BCUT2D eigenvalue weighted by atomic mass is 16.6. The molecule has 186 valence electrons. The first-order valence-corrected chi connectivity index (χ1v) is 12.2. The molecule has 1 N–H and O–H groups in total. The van der Waals surface area contributed by atoms with Crippen LogP contribution in [0.25, 0.3) is 6.08 Å². The molecule has 0 aromatic carbocycles. The zero-order chi connectivity index (χ0) is 24.8. The van der Waals surface area contributed by atoms with Gasteiger partial charge in [-0.3, -0.25) is 4.79 Å². The maximum absolute atomic E-state index is 12.6. The number of fused-ring (bicyclic) bond motifs is 1. The number of aliphatic hydroxyl groups excluding tert-OH is 1. The number of allylic oxidation sites excluding steroid dienone is 2. The number of aliphatic hydroxyl groups is 1. The Morgan fingerprint density at radius 1 is 1.24 bits per heavy atom. The van der Waals surface area contributed by atoms with Gasteiger partial charge in [-0.15, -0.1) is 0 Å². The second-order valence-corrected chi connectivity index (χ2v) is 9.99. The SMILES string of the molecule is CC(=O)O[C@H]1C[C@@H]2[C@@H](C(C)C)CC=C(C)[C@@H]2C[C@H](OC(=O)C=Cc2cn(C)cn2)CC=C[C@H]1O. The number of esters is 2. The Kier molecular flexibility index (Phi) is 8.89. The van der Waals surface area contributed by atoms with E-state index in [1.165, 1.54) is 18.6 Å². The molecular formula is C27H38N2O5. The normalized spacial score (nSPS) is 30.0. The van der Waals surface area contributed by atoms with E-state index in [1.807, 2.05) is 23.9 Å². The molecule has 0 radical (unpaired) electrons. The molecule has 0 fully saturated rings. The molecule has 7 heteroatoms. The second kappa shape index (κ2) is 11.6. The molecule has 34 heavy (non-hydrogen) atoms. The van der Waals surface area contributed by atoms with Crippen molar-refractivity contribution in [3.8, 4) is 0 Å². The molecule has 6 atom stereocenters. The predicted octanol–water partition coefficient (Wildman–Crippen LogP) is 4.23. The van der Waals surface area contributed by atoms with Crippen LogP contribution >= 0.6 is 0 Å². The smallest absolute Gasteiger partial charge is 0.331 e. The number of aryl methyl sites for hydroxylation is 1. The Morgan fingerprint density at radius 3 is 2.65 bits per heavy atom. The summed E-state index contributed by atoms with van der Waals surface area (Å²) >= 11 is 0. The van der Waals surface area contributed by atoms with E-state index in [4.69, 9.17) is 9.47 Å². The molecule has 7 nitrogen and oxygen atoms in total. The van der Waals surface area contributed by atoms with E-state index >= 15 is 0 Å². The topological polar surface area (TPSA) is 90.7 Å². The molecule has 2 aliphatic rings. The van der Waals surface area contributed by atoms with Gasteiger partial charge in [0, 0.05) is 32.7 Å². The van der Waals surface area contributed by atoms with Gasteiger partial charge < -0.3 is 19.1 Å². The molecule has 0 aliphatic heterocycles. The average Bonchev–Trinajstić information content (AvgIpc) is 3.18. The van der Waals surface area contributed by atoms with Crippen molar-refractivity contribution in [2.45, 2.75) is 71.7 Å². The Balaban J connectivity index is 1.84. The van der Waals surface area contributed by atoms with Gasteiger partial charge in [-0.1, -0.05) is 37.6 Å². The molecule has 1 heterocycles. The van der Waals surface area contributed by atoms with Gasteiger partial charge in [0.2, 0.25) is 0 Å². The highest BCUT2D eigenvalue weighted by Gasteiger charge is 2.40. The molecule has 0 amide bonds. The molecule has 0 saturated carbocycles. The lowest BCUT2D eigenvalue weighted by atomic mass is 9.64. The van der Waals surface area contributed by atoms with E-state index in [-0.39, 0.29) is 23.9 Å². The minimum atomic E-state index is -0.901. The minimum absolute atomic E-state index is 0.176.